The summed E-state index contributed by atoms with van der Waals surface area (Å²) in [6.07, 6.45) is 3.59. The van der Waals surface area contributed by atoms with E-state index in [1.807, 2.05) is 6.92 Å². The summed E-state index contributed by atoms with van der Waals surface area (Å²) in [5.41, 5.74) is 0. The van der Waals surface area contributed by atoms with Crippen LogP contribution in [-0.2, 0) is 11.3 Å². The molecule has 1 amide bonds. The Kier molecular flexibility index (Phi) is 5.61. The second-order valence-electron chi connectivity index (χ2n) is 6.59. The van der Waals surface area contributed by atoms with Gasteiger partial charge in [-0.2, -0.15) is 0 Å². The van der Waals surface area contributed by atoms with Crippen LogP contribution in [0, 0.1) is 6.92 Å². The van der Waals surface area contributed by atoms with Crippen LogP contribution in [0.25, 0.3) is 0 Å². The van der Waals surface area contributed by atoms with Gasteiger partial charge >= 0.3 is 0 Å². The zero-order chi connectivity index (χ0) is 16.2. The smallest absolute Gasteiger partial charge is 0.239 e. The summed E-state index contributed by atoms with van der Waals surface area (Å²) in [5.74, 6) is 0.317. The number of hydrogen-bond donors (Lipinski definition) is 0. The predicted octanol–water partition coefficient (Wildman–Crippen LogP) is 1.37. The van der Waals surface area contributed by atoms with Crippen molar-refractivity contribution in [2.45, 2.75) is 45.7 Å². The molecule has 0 bridgehead atoms. The molecule has 1 aromatic heterocycles. The number of carbonyl (C=O) groups excluding carboxylic acids is 1. The van der Waals surface area contributed by atoms with Gasteiger partial charge < -0.3 is 4.90 Å². The Labute approximate surface area is 142 Å². The summed E-state index contributed by atoms with van der Waals surface area (Å²) >= 11 is 1.67. The Morgan fingerprint density at radius 2 is 1.78 bits per heavy atom. The highest BCUT2D eigenvalue weighted by molar-refractivity contribution is 7.11. The summed E-state index contributed by atoms with van der Waals surface area (Å²) in [6.45, 7) is 10.7. The fourth-order valence-corrected chi connectivity index (χ4v) is 4.19. The van der Waals surface area contributed by atoms with Crippen molar-refractivity contribution in [3.8, 4) is 0 Å². The molecule has 2 aliphatic rings. The number of piperidine rings is 1. The number of likely N-dealkylation sites (tertiary alicyclic amines) is 1. The molecule has 1 unspecified atom stereocenters. The van der Waals surface area contributed by atoms with E-state index in [-0.39, 0.29) is 6.04 Å². The Balaban J connectivity index is 1.46. The Morgan fingerprint density at radius 1 is 1.09 bits per heavy atom. The third-order valence-corrected chi connectivity index (χ3v) is 5.73. The highest BCUT2D eigenvalue weighted by atomic mass is 32.1. The zero-order valence-electron chi connectivity index (χ0n) is 14.2. The number of nitrogens with zero attached hydrogens (tertiary/aromatic N) is 5. The van der Waals surface area contributed by atoms with Crippen LogP contribution in [-0.4, -0.2) is 76.1 Å². The van der Waals surface area contributed by atoms with Crippen LogP contribution in [0.5, 0.6) is 0 Å². The minimum absolute atomic E-state index is 0.0130. The Bertz CT molecular complexity index is 520. The van der Waals surface area contributed by atoms with Crippen LogP contribution in [0.15, 0.2) is 0 Å². The molecule has 128 valence electrons. The first kappa shape index (κ1) is 16.8. The minimum Gasteiger partial charge on any atom is -0.341 e. The highest BCUT2D eigenvalue weighted by Crippen LogP contribution is 2.16. The standard InChI is InChI=1S/C16H27N5OS/c1-13(16(22)21-6-4-3-5-7-21)20-10-8-19(9-11-20)12-15-18-17-14(2)23-15/h13H,3-12H2,1-2H3. The Morgan fingerprint density at radius 3 is 2.39 bits per heavy atom. The van der Waals surface area contributed by atoms with Gasteiger partial charge in [0.25, 0.3) is 0 Å². The SMILES string of the molecule is Cc1nnc(CN2CCN(C(C)C(=O)N3CCCCC3)CC2)s1. The minimum atomic E-state index is 0.0130. The maximum atomic E-state index is 12.6. The van der Waals surface area contributed by atoms with Gasteiger partial charge in [-0.25, -0.2) is 0 Å². The van der Waals surface area contributed by atoms with Crippen molar-refractivity contribution in [1.82, 2.24) is 24.9 Å². The van der Waals surface area contributed by atoms with Crippen molar-refractivity contribution in [1.29, 1.82) is 0 Å². The normalized spacial score (nSPS) is 22.3. The molecule has 2 aliphatic heterocycles. The molecule has 3 heterocycles. The van der Waals surface area contributed by atoms with Gasteiger partial charge in [-0.1, -0.05) is 0 Å². The summed E-state index contributed by atoms with van der Waals surface area (Å²) in [5, 5.41) is 10.4. The number of piperazine rings is 1. The van der Waals surface area contributed by atoms with E-state index in [1.54, 1.807) is 11.3 Å². The van der Waals surface area contributed by atoms with E-state index in [1.165, 1.54) is 6.42 Å². The highest BCUT2D eigenvalue weighted by Gasteiger charge is 2.29. The van der Waals surface area contributed by atoms with E-state index in [0.717, 1.165) is 68.7 Å². The first-order valence-corrected chi connectivity index (χ1v) is 9.49. The average Bonchev–Trinajstić information content (AvgIpc) is 3.00. The quantitative estimate of drug-likeness (QED) is 0.830. The first-order valence-electron chi connectivity index (χ1n) is 8.67. The van der Waals surface area contributed by atoms with Gasteiger partial charge in [0.05, 0.1) is 12.6 Å². The zero-order valence-corrected chi connectivity index (χ0v) is 15.0. The van der Waals surface area contributed by atoms with Crippen LogP contribution < -0.4 is 0 Å². The molecule has 0 saturated carbocycles. The maximum absolute atomic E-state index is 12.6. The van der Waals surface area contributed by atoms with Gasteiger partial charge in [-0.05, 0) is 33.1 Å². The maximum Gasteiger partial charge on any atom is 0.239 e. The molecule has 6 nitrogen and oxygen atoms in total. The summed E-state index contributed by atoms with van der Waals surface area (Å²) in [7, 11) is 0. The van der Waals surface area contributed by atoms with Crippen LogP contribution in [0.4, 0.5) is 0 Å². The van der Waals surface area contributed by atoms with E-state index >= 15 is 0 Å². The van der Waals surface area contributed by atoms with E-state index in [2.05, 4.69) is 31.8 Å². The molecule has 0 radical (unpaired) electrons. The third-order valence-electron chi connectivity index (χ3n) is 4.91. The van der Waals surface area contributed by atoms with Gasteiger partial charge in [0, 0.05) is 39.3 Å². The van der Waals surface area contributed by atoms with E-state index in [4.69, 9.17) is 0 Å². The predicted molar refractivity (Wildman–Crippen MR) is 91.4 cm³/mol. The van der Waals surface area contributed by atoms with Crippen LogP contribution in [0.3, 0.4) is 0 Å². The monoisotopic (exact) mass is 337 g/mol. The Hall–Kier alpha value is -1.05. The fourth-order valence-electron chi connectivity index (χ4n) is 3.44. The summed E-state index contributed by atoms with van der Waals surface area (Å²) < 4.78 is 0. The van der Waals surface area contributed by atoms with Gasteiger partial charge in [-0.3, -0.25) is 14.6 Å². The van der Waals surface area contributed by atoms with Gasteiger partial charge in [0.15, 0.2) is 0 Å². The molecule has 23 heavy (non-hydrogen) atoms. The van der Waals surface area contributed by atoms with Gasteiger partial charge in [-0.15, -0.1) is 21.5 Å². The lowest BCUT2D eigenvalue weighted by molar-refractivity contribution is -0.138. The number of hydrogen-bond acceptors (Lipinski definition) is 6. The van der Waals surface area contributed by atoms with E-state index in [0.29, 0.717) is 5.91 Å². The molecule has 1 atom stereocenters. The fraction of sp³-hybridized carbons (Fsp3) is 0.812. The van der Waals surface area contributed by atoms with Crippen molar-refractivity contribution in [2.24, 2.45) is 0 Å². The number of aromatic nitrogens is 2. The van der Waals surface area contributed by atoms with Crippen molar-refractivity contribution < 1.29 is 4.79 Å². The van der Waals surface area contributed by atoms with Crippen LogP contribution in [0.2, 0.25) is 0 Å². The molecular weight excluding hydrogens is 310 g/mol. The summed E-state index contributed by atoms with van der Waals surface area (Å²) in [4.78, 5) is 19.4. The average molecular weight is 337 g/mol. The van der Waals surface area contributed by atoms with Crippen molar-refractivity contribution in [2.75, 3.05) is 39.3 Å². The third kappa shape index (κ3) is 4.28. The van der Waals surface area contributed by atoms with Crippen LogP contribution in [0.1, 0.15) is 36.2 Å². The molecule has 2 fully saturated rings. The molecule has 0 N–H and O–H groups in total. The molecule has 7 heteroatoms. The molecule has 2 saturated heterocycles. The van der Waals surface area contributed by atoms with Crippen molar-refractivity contribution in [3.63, 3.8) is 0 Å². The molecule has 3 rings (SSSR count). The number of rotatable bonds is 4. The van der Waals surface area contributed by atoms with Gasteiger partial charge in [0.2, 0.25) is 5.91 Å². The largest absolute Gasteiger partial charge is 0.341 e. The lowest BCUT2D eigenvalue weighted by Gasteiger charge is -2.39. The topological polar surface area (TPSA) is 52.6 Å². The lowest BCUT2D eigenvalue weighted by atomic mass is 10.1. The summed E-state index contributed by atoms with van der Waals surface area (Å²) in [6, 6.07) is 0.0130. The van der Waals surface area contributed by atoms with Crippen molar-refractivity contribution in [3.05, 3.63) is 10.0 Å². The molecule has 0 aliphatic carbocycles. The van der Waals surface area contributed by atoms with E-state index in [9.17, 15) is 4.79 Å². The lowest BCUT2D eigenvalue weighted by Crippen LogP contribution is -2.54. The molecular formula is C16H27N5OS. The number of amides is 1. The molecule has 0 spiro atoms. The van der Waals surface area contributed by atoms with Gasteiger partial charge in [0.1, 0.15) is 10.0 Å². The van der Waals surface area contributed by atoms with Crippen molar-refractivity contribution >= 4 is 17.2 Å². The number of aryl methyl sites for hydroxylation is 1. The molecule has 1 aromatic rings. The molecule has 0 aromatic carbocycles. The first-order chi connectivity index (χ1) is 11.1. The second kappa shape index (κ2) is 7.68. The van der Waals surface area contributed by atoms with E-state index < -0.39 is 0 Å². The second-order valence-corrected chi connectivity index (χ2v) is 7.86. The van der Waals surface area contributed by atoms with Crippen LogP contribution >= 0.6 is 11.3 Å². The number of carbonyl (C=O) groups is 1.